The molecule has 3 saturated heterocycles. The van der Waals surface area contributed by atoms with Crippen molar-refractivity contribution in [1.82, 2.24) is 0 Å². The first-order valence-electron chi connectivity index (χ1n) is 14.3. The zero-order valence-corrected chi connectivity index (χ0v) is 24.5. The lowest BCUT2D eigenvalue weighted by Gasteiger charge is -2.31. The smallest absolute Gasteiger partial charge is 0.122 e. The second-order valence-corrected chi connectivity index (χ2v) is 11.5. The summed E-state index contributed by atoms with van der Waals surface area (Å²) in [4.78, 5) is 0. The molecular formula is C34H40O6. The summed E-state index contributed by atoms with van der Waals surface area (Å²) in [5.41, 5.74) is 10.9. The minimum atomic E-state index is -0.0397. The summed E-state index contributed by atoms with van der Waals surface area (Å²) in [5, 5.41) is 0. The fourth-order valence-corrected chi connectivity index (χ4v) is 5.81. The van der Waals surface area contributed by atoms with Gasteiger partial charge in [-0.25, -0.2) is 0 Å². The van der Waals surface area contributed by atoms with Crippen molar-refractivity contribution in [3.63, 3.8) is 0 Å². The Bertz CT molecular complexity index is 1230. The highest BCUT2D eigenvalue weighted by Gasteiger charge is 2.32. The lowest BCUT2D eigenvalue weighted by molar-refractivity contribution is 0.261. The van der Waals surface area contributed by atoms with Crippen LogP contribution in [0.25, 0.3) is 0 Å². The molecule has 0 bridgehead atoms. The average Bonchev–Trinajstić information content (AvgIpc) is 3.78. The van der Waals surface area contributed by atoms with E-state index in [-0.39, 0.29) is 24.2 Å². The molecule has 40 heavy (non-hydrogen) atoms. The van der Waals surface area contributed by atoms with Gasteiger partial charge in [0.05, 0.1) is 19.8 Å². The molecule has 3 heterocycles. The first kappa shape index (κ1) is 27.1. The van der Waals surface area contributed by atoms with Gasteiger partial charge in [-0.3, -0.25) is 0 Å². The van der Waals surface area contributed by atoms with E-state index in [4.69, 9.17) is 28.4 Å². The zero-order chi connectivity index (χ0) is 28.0. The Hall–Kier alpha value is -3.06. The Kier molecular flexibility index (Phi) is 7.51. The van der Waals surface area contributed by atoms with Crippen LogP contribution in [0.1, 0.15) is 56.0 Å². The molecule has 6 heteroatoms. The Morgan fingerprint density at radius 2 is 0.800 bits per heavy atom. The molecule has 6 rings (SSSR count). The van der Waals surface area contributed by atoms with E-state index in [0.29, 0.717) is 19.8 Å². The van der Waals surface area contributed by atoms with E-state index in [2.05, 4.69) is 77.9 Å². The number of hydrogen-bond donors (Lipinski definition) is 0. The van der Waals surface area contributed by atoms with E-state index in [1.807, 2.05) is 0 Å². The first-order valence-corrected chi connectivity index (χ1v) is 14.3. The normalized spacial score (nSPS) is 21.6. The lowest BCUT2D eigenvalue weighted by Crippen LogP contribution is -2.16. The van der Waals surface area contributed by atoms with Crippen LogP contribution in [-0.4, -0.2) is 58.0 Å². The van der Waals surface area contributed by atoms with E-state index in [1.165, 1.54) is 33.4 Å². The van der Waals surface area contributed by atoms with Crippen LogP contribution >= 0.6 is 0 Å². The van der Waals surface area contributed by atoms with Crippen molar-refractivity contribution in [2.24, 2.45) is 0 Å². The molecular weight excluding hydrogens is 504 g/mol. The standard InChI is InChI=1S/C34H40O6/c1-19-7-10-28(38-16-25-13-35-25)22(4)31(19)34(32-20(2)8-11-29(23(32)5)39-17-26-14-36-26)33-21(3)9-12-30(24(33)6)40-18-27-15-37-27/h7-12,25-27,34H,13-18H2,1-6H3. The van der Waals surface area contributed by atoms with Gasteiger partial charge in [0.2, 0.25) is 0 Å². The van der Waals surface area contributed by atoms with Crippen molar-refractivity contribution < 1.29 is 28.4 Å². The van der Waals surface area contributed by atoms with Crippen molar-refractivity contribution >= 4 is 0 Å². The fraction of sp³-hybridized carbons (Fsp3) is 0.471. The minimum absolute atomic E-state index is 0.0397. The summed E-state index contributed by atoms with van der Waals surface area (Å²) >= 11 is 0. The van der Waals surface area contributed by atoms with Crippen molar-refractivity contribution in [2.45, 2.75) is 65.8 Å². The van der Waals surface area contributed by atoms with Gasteiger partial charge in [-0.05, 0) is 110 Å². The molecule has 0 aromatic heterocycles. The third-order valence-corrected chi connectivity index (χ3v) is 8.40. The molecule has 3 unspecified atom stereocenters. The lowest BCUT2D eigenvalue weighted by atomic mass is 9.74. The molecule has 3 aromatic rings. The van der Waals surface area contributed by atoms with Crippen molar-refractivity contribution in [2.75, 3.05) is 39.6 Å². The molecule has 3 fully saturated rings. The van der Waals surface area contributed by atoms with E-state index in [1.54, 1.807) is 0 Å². The Morgan fingerprint density at radius 1 is 0.525 bits per heavy atom. The van der Waals surface area contributed by atoms with Crippen LogP contribution in [0.2, 0.25) is 0 Å². The van der Waals surface area contributed by atoms with Gasteiger partial charge in [-0.2, -0.15) is 0 Å². The number of benzene rings is 3. The van der Waals surface area contributed by atoms with Gasteiger partial charge >= 0.3 is 0 Å². The Morgan fingerprint density at radius 3 is 1.05 bits per heavy atom. The van der Waals surface area contributed by atoms with Crippen molar-refractivity contribution in [1.29, 1.82) is 0 Å². The van der Waals surface area contributed by atoms with Crippen LogP contribution in [0, 0.1) is 41.5 Å². The second-order valence-electron chi connectivity index (χ2n) is 11.5. The number of hydrogen-bond acceptors (Lipinski definition) is 6. The van der Waals surface area contributed by atoms with Gasteiger partial charge in [-0.15, -0.1) is 0 Å². The summed E-state index contributed by atoms with van der Waals surface area (Å²) in [6.07, 6.45) is 0.590. The predicted octanol–water partition coefficient (Wildman–Crippen LogP) is 6.05. The van der Waals surface area contributed by atoms with Gasteiger partial charge in [0.15, 0.2) is 0 Å². The summed E-state index contributed by atoms with van der Waals surface area (Å²) in [5.74, 6) is 2.68. The third kappa shape index (κ3) is 5.71. The Balaban J connectivity index is 1.51. The zero-order valence-electron chi connectivity index (χ0n) is 24.5. The predicted molar refractivity (Wildman–Crippen MR) is 154 cm³/mol. The number of aryl methyl sites for hydroxylation is 3. The van der Waals surface area contributed by atoms with Crippen LogP contribution in [-0.2, 0) is 14.2 Å². The molecule has 3 aliphatic rings. The molecule has 0 amide bonds. The molecule has 6 nitrogen and oxygen atoms in total. The van der Waals surface area contributed by atoms with Crippen molar-refractivity contribution in [3.05, 3.63) is 86.5 Å². The van der Waals surface area contributed by atoms with E-state index in [9.17, 15) is 0 Å². The molecule has 3 aromatic carbocycles. The van der Waals surface area contributed by atoms with E-state index in [0.717, 1.165) is 53.8 Å². The van der Waals surface area contributed by atoms with Crippen LogP contribution in [0.3, 0.4) is 0 Å². The van der Waals surface area contributed by atoms with Gasteiger partial charge in [0.1, 0.15) is 55.4 Å². The third-order valence-electron chi connectivity index (χ3n) is 8.40. The molecule has 0 aliphatic carbocycles. The van der Waals surface area contributed by atoms with Gasteiger partial charge in [-0.1, -0.05) is 18.2 Å². The monoisotopic (exact) mass is 544 g/mol. The maximum atomic E-state index is 6.29. The maximum absolute atomic E-state index is 6.29. The molecule has 0 radical (unpaired) electrons. The summed E-state index contributed by atoms with van der Waals surface area (Å²) in [6.45, 7) is 17.2. The van der Waals surface area contributed by atoms with Gasteiger partial charge < -0.3 is 28.4 Å². The Labute approximate surface area is 237 Å². The molecule has 3 atom stereocenters. The largest absolute Gasteiger partial charge is 0.491 e. The van der Waals surface area contributed by atoms with Crippen LogP contribution < -0.4 is 14.2 Å². The number of epoxide rings is 3. The van der Waals surface area contributed by atoms with E-state index >= 15 is 0 Å². The van der Waals surface area contributed by atoms with Gasteiger partial charge in [0, 0.05) is 5.92 Å². The van der Waals surface area contributed by atoms with Gasteiger partial charge in [0.25, 0.3) is 0 Å². The molecule has 212 valence electrons. The fourth-order valence-electron chi connectivity index (χ4n) is 5.81. The minimum Gasteiger partial charge on any atom is -0.491 e. The van der Waals surface area contributed by atoms with Crippen molar-refractivity contribution in [3.8, 4) is 17.2 Å². The summed E-state index contributed by atoms with van der Waals surface area (Å²) < 4.78 is 35.1. The number of ether oxygens (including phenoxy) is 6. The SMILES string of the molecule is Cc1ccc(OCC2CO2)c(C)c1C(c1c(C)ccc(OCC2CO2)c1C)c1c(C)ccc(OCC2CO2)c1C. The molecule has 0 N–H and O–H groups in total. The topological polar surface area (TPSA) is 65.3 Å². The quantitative estimate of drug-likeness (QED) is 0.204. The van der Waals surface area contributed by atoms with Crippen LogP contribution in [0.5, 0.6) is 17.2 Å². The average molecular weight is 545 g/mol. The highest BCUT2D eigenvalue weighted by molar-refractivity contribution is 5.62. The van der Waals surface area contributed by atoms with E-state index < -0.39 is 0 Å². The number of rotatable bonds is 12. The van der Waals surface area contributed by atoms with Crippen LogP contribution in [0.4, 0.5) is 0 Å². The second kappa shape index (κ2) is 11.1. The molecule has 0 saturated carbocycles. The molecule has 3 aliphatic heterocycles. The maximum Gasteiger partial charge on any atom is 0.122 e. The molecule has 0 spiro atoms. The highest BCUT2D eigenvalue weighted by atomic mass is 16.6. The summed E-state index contributed by atoms with van der Waals surface area (Å²) in [7, 11) is 0. The first-order chi connectivity index (χ1) is 19.3. The summed E-state index contributed by atoms with van der Waals surface area (Å²) in [6, 6.07) is 12.8. The highest BCUT2D eigenvalue weighted by Crippen LogP contribution is 2.46. The van der Waals surface area contributed by atoms with Crippen LogP contribution in [0.15, 0.2) is 36.4 Å².